The average Bonchev–Trinajstić information content (AvgIpc) is 3.31. The standard InChI is InChI=1S/C20H15ClN2OS/c21-14-9-7-13(8-10-14)20-23-17(15-4-1-2-5-18(15)24-20)12-16(22-23)19-6-3-11-25-19/h1-11,17,20H,12H2. The molecule has 2 aliphatic heterocycles. The van der Waals surface area contributed by atoms with Gasteiger partial charge in [0.05, 0.1) is 16.6 Å². The van der Waals surface area contributed by atoms with Crippen molar-refractivity contribution in [2.45, 2.75) is 18.7 Å². The maximum absolute atomic E-state index is 6.32. The van der Waals surface area contributed by atoms with Crippen LogP contribution in [0.4, 0.5) is 0 Å². The van der Waals surface area contributed by atoms with E-state index in [0.717, 1.165) is 28.5 Å². The second-order valence-corrected chi connectivity index (χ2v) is 7.57. The van der Waals surface area contributed by atoms with Crippen molar-refractivity contribution in [2.24, 2.45) is 5.10 Å². The van der Waals surface area contributed by atoms with Crippen molar-refractivity contribution in [3.8, 4) is 5.75 Å². The number of thiophene rings is 1. The molecule has 3 heterocycles. The van der Waals surface area contributed by atoms with Crippen molar-refractivity contribution in [3.05, 3.63) is 87.1 Å². The first kappa shape index (κ1) is 15.0. The second kappa shape index (κ2) is 5.90. The largest absolute Gasteiger partial charge is 0.464 e. The lowest BCUT2D eigenvalue weighted by molar-refractivity contribution is -0.0190. The number of hydrogen-bond donors (Lipinski definition) is 0. The summed E-state index contributed by atoms with van der Waals surface area (Å²) in [6.45, 7) is 0. The Morgan fingerprint density at radius 2 is 1.88 bits per heavy atom. The van der Waals surface area contributed by atoms with Gasteiger partial charge in [0.1, 0.15) is 5.75 Å². The summed E-state index contributed by atoms with van der Waals surface area (Å²) in [6, 6.07) is 20.5. The zero-order valence-electron chi connectivity index (χ0n) is 13.3. The lowest BCUT2D eigenvalue weighted by Crippen LogP contribution is -2.33. The molecule has 124 valence electrons. The van der Waals surface area contributed by atoms with E-state index in [9.17, 15) is 0 Å². The summed E-state index contributed by atoms with van der Waals surface area (Å²) in [6.07, 6.45) is 0.653. The fourth-order valence-corrected chi connectivity index (χ4v) is 4.32. The molecule has 1 aromatic heterocycles. The Morgan fingerprint density at radius 3 is 2.68 bits per heavy atom. The summed E-state index contributed by atoms with van der Waals surface area (Å²) in [4.78, 5) is 1.22. The summed E-state index contributed by atoms with van der Waals surface area (Å²) >= 11 is 7.78. The Hall–Kier alpha value is -2.30. The molecule has 0 saturated carbocycles. The normalized spacial score (nSPS) is 21.3. The molecule has 2 unspecified atom stereocenters. The molecular formula is C20H15ClN2OS. The number of halogens is 1. The van der Waals surface area contributed by atoms with E-state index in [1.54, 1.807) is 11.3 Å². The van der Waals surface area contributed by atoms with E-state index in [1.165, 1.54) is 10.4 Å². The smallest absolute Gasteiger partial charge is 0.213 e. The van der Waals surface area contributed by atoms with Gasteiger partial charge in [-0.3, -0.25) is 0 Å². The topological polar surface area (TPSA) is 24.8 Å². The maximum atomic E-state index is 6.32. The molecule has 0 N–H and O–H groups in total. The summed E-state index contributed by atoms with van der Waals surface area (Å²) < 4.78 is 6.32. The monoisotopic (exact) mass is 366 g/mol. The molecule has 0 saturated heterocycles. The lowest BCUT2D eigenvalue weighted by atomic mass is 9.98. The molecule has 5 heteroatoms. The number of fused-ring (bicyclic) bond motifs is 3. The quantitative estimate of drug-likeness (QED) is 0.586. The molecule has 0 bridgehead atoms. The number of nitrogens with zero attached hydrogens (tertiary/aromatic N) is 2. The Kier molecular flexibility index (Phi) is 3.54. The van der Waals surface area contributed by atoms with Gasteiger partial charge in [0.15, 0.2) is 0 Å². The summed E-state index contributed by atoms with van der Waals surface area (Å²) in [5.41, 5.74) is 3.38. The molecule has 5 rings (SSSR count). The van der Waals surface area contributed by atoms with Crippen LogP contribution in [0.15, 0.2) is 71.1 Å². The molecule has 2 aromatic carbocycles. The van der Waals surface area contributed by atoms with Gasteiger partial charge in [0.25, 0.3) is 0 Å². The van der Waals surface area contributed by atoms with Crippen LogP contribution in [0.3, 0.4) is 0 Å². The van der Waals surface area contributed by atoms with Gasteiger partial charge in [-0.05, 0) is 29.6 Å². The van der Waals surface area contributed by atoms with Crippen molar-refractivity contribution in [1.82, 2.24) is 5.01 Å². The van der Waals surface area contributed by atoms with E-state index in [1.807, 2.05) is 36.4 Å². The van der Waals surface area contributed by atoms with Crippen molar-refractivity contribution in [3.63, 3.8) is 0 Å². The molecule has 0 fully saturated rings. The van der Waals surface area contributed by atoms with E-state index in [0.29, 0.717) is 0 Å². The first-order chi connectivity index (χ1) is 12.3. The van der Waals surface area contributed by atoms with Crippen molar-refractivity contribution in [2.75, 3.05) is 0 Å². The van der Waals surface area contributed by atoms with Gasteiger partial charge in [-0.25, -0.2) is 5.01 Å². The highest BCUT2D eigenvalue weighted by molar-refractivity contribution is 7.12. The highest BCUT2D eigenvalue weighted by atomic mass is 35.5. The van der Waals surface area contributed by atoms with Crippen LogP contribution >= 0.6 is 22.9 Å². The zero-order chi connectivity index (χ0) is 16.8. The highest BCUT2D eigenvalue weighted by Gasteiger charge is 2.40. The van der Waals surface area contributed by atoms with Crippen LogP contribution in [0.25, 0.3) is 0 Å². The lowest BCUT2D eigenvalue weighted by Gasteiger charge is -2.38. The van der Waals surface area contributed by atoms with Crippen LogP contribution in [0, 0.1) is 0 Å². The third-order valence-corrected chi connectivity index (χ3v) is 5.83. The molecule has 0 spiro atoms. The van der Waals surface area contributed by atoms with Gasteiger partial charge in [-0.2, -0.15) is 5.10 Å². The minimum absolute atomic E-state index is 0.197. The highest BCUT2D eigenvalue weighted by Crippen LogP contribution is 2.47. The molecule has 25 heavy (non-hydrogen) atoms. The van der Waals surface area contributed by atoms with Crippen molar-refractivity contribution >= 4 is 28.6 Å². The van der Waals surface area contributed by atoms with Crippen molar-refractivity contribution in [1.29, 1.82) is 0 Å². The fourth-order valence-electron chi connectivity index (χ4n) is 3.47. The number of hydrogen-bond acceptors (Lipinski definition) is 4. The number of para-hydroxylation sites is 1. The molecule has 0 aliphatic carbocycles. The van der Waals surface area contributed by atoms with E-state index >= 15 is 0 Å². The second-order valence-electron chi connectivity index (χ2n) is 6.18. The van der Waals surface area contributed by atoms with Gasteiger partial charge in [0, 0.05) is 22.6 Å². The molecule has 2 atom stereocenters. The Balaban J connectivity index is 1.60. The zero-order valence-corrected chi connectivity index (χ0v) is 14.9. The van der Waals surface area contributed by atoms with Crippen LogP contribution in [-0.4, -0.2) is 10.7 Å². The third-order valence-electron chi connectivity index (χ3n) is 4.66. The average molecular weight is 367 g/mol. The molecular weight excluding hydrogens is 352 g/mol. The summed E-state index contributed by atoms with van der Waals surface area (Å²) in [7, 11) is 0. The SMILES string of the molecule is Clc1ccc(C2Oc3ccccc3C3CC(c4cccs4)=NN32)cc1. The number of rotatable bonds is 2. The minimum Gasteiger partial charge on any atom is -0.464 e. The van der Waals surface area contributed by atoms with Gasteiger partial charge >= 0.3 is 0 Å². The summed E-state index contributed by atoms with van der Waals surface area (Å²) in [5, 5.41) is 9.85. The minimum atomic E-state index is -0.241. The first-order valence-electron chi connectivity index (χ1n) is 8.20. The van der Waals surface area contributed by atoms with E-state index in [-0.39, 0.29) is 12.3 Å². The molecule has 3 nitrogen and oxygen atoms in total. The third kappa shape index (κ3) is 2.53. The molecule has 3 aromatic rings. The fraction of sp³-hybridized carbons (Fsp3) is 0.150. The van der Waals surface area contributed by atoms with Gasteiger partial charge in [0.2, 0.25) is 6.23 Å². The van der Waals surface area contributed by atoms with Gasteiger partial charge in [-0.15, -0.1) is 11.3 Å². The first-order valence-corrected chi connectivity index (χ1v) is 9.46. The van der Waals surface area contributed by atoms with Crippen LogP contribution in [0.2, 0.25) is 5.02 Å². The summed E-state index contributed by atoms with van der Waals surface area (Å²) in [5.74, 6) is 0.936. The molecule has 0 radical (unpaired) electrons. The van der Waals surface area contributed by atoms with Crippen LogP contribution in [-0.2, 0) is 0 Å². The predicted molar refractivity (Wildman–Crippen MR) is 101 cm³/mol. The molecule has 0 amide bonds. The van der Waals surface area contributed by atoms with Crippen LogP contribution < -0.4 is 4.74 Å². The van der Waals surface area contributed by atoms with E-state index in [4.69, 9.17) is 21.4 Å². The predicted octanol–water partition coefficient (Wildman–Crippen LogP) is 5.64. The Bertz CT molecular complexity index is 937. The van der Waals surface area contributed by atoms with Crippen LogP contribution in [0.5, 0.6) is 5.75 Å². The van der Waals surface area contributed by atoms with Gasteiger partial charge in [-0.1, -0.05) is 48.0 Å². The maximum Gasteiger partial charge on any atom is 0.213 e. The van der Waals surface area contributed by atoms with E-state index < -0.39 is 0 Å². The van der Waals surface area contributed by atoms with Crippen molar-refractivity contribution < 1.29 is 4.74 Å². The van der Waals surface area contributed by atoms with E-state index in [2.05, 4.69) is 34.7 Å². The number of benzene rings is 2. The molecule has 2 aliphatic rings. The van der Waals surface area contributed by atoms with Crippen LogP contribution in [0.1, 0.15) is 34.7 Å². The Morgan fingerprint density at radius 1 is 1.04 bits per heavy atom. The van der Waals surface area contributed by atoms with Gasteiger partial charge < -0.3 is 4.74 Å². The number of hydrazone groups is 1. The Labute approximate surface area is 155 Å². The number of ether oxygens (including phenoxy) is 1.